The molecular formula is C18H23ClN2S2. The number of unbranched alkanes of at least 4 members (excludes halogenated alkanes) is 1. The van der Waals surface area contributed by atoms with Gasteiger partial charge in [0.15, 0.2) is 0 Å². The van der Waals surface area contributed by atoms with Crippen LogP contribution in [-0.4, -0.2) is 20.6 Å². The summed E-state index contributed by atoms with van der Waals surface area (Å²) in [6.07, 6.45) is 10.9. The first-order valence-electron chi connectivity index (χ1n) is 8.25. The lowest BCUT2D eigenvalue weighted by atomic mass is 10.1. The third kappa shape index (κ3) is 4.28. The lowest BCUT2D eigenvalue weighted by Gasteiger charge is -2.29. The summed E-state index contributed by atoms with van der Waals surface area (Å²) in [4.78, 5) is 4.16. The Morgan fingerprint density at radius 2 is 2.17 bits per heavy atom. The van der Waals surface area contributed by atoms with Crippen molar-refractivity contribution in [2.24, 2.45) is 0 Å². The van der Waals surface area contributed by atoms with Crippen LogP contribution in [0.3, 0.4) is 0 Å². The fraction of sp³-hybridized carbons (Fsp3) is 0.500. The van der Waals surface area contributed by atoms with Gasteiger partial charge in [0.1, 0.15) is 0 Å². The van der Waals surface area contributed by atoms with Gasteiger partial charge in [-0.15, -0.1) is 23.5 Å². The molecule has 1 saturated heterocycles. The first kappa shape index (κ1) is 17.2. The predicted molar refractivity (Wildman–Crippen MR) is 103 cm³/mol. The van der Waals surface area contributed by atoms with E-state index in [2.05, 4.69) is 58.3 Å². The molecule has 1 aliphatic heterocycles. The van der Waals surface area contributed by atoms with E-state index in [0.29, 0.717) is 0 Å². The molecule has 0 bridgehead atoms. The molecule has 1 fully saturated rings. The minimum atomic E-state index is 0.146. The highest BCUT2D eigenvalue weighted by Crippen LogP contribution is 2.58. The van der Waals surface area contributed by atoms with Crippen LogP contribution in [0.25, 0.3) is 0 Å². The molecule has 2 heterocycles. The largest absolute Gasteiger partial charge is 0.337 e. The van der Waals surface area contributed by atoms with Crippen LogP contribution in [0.1, 0.15) is 38.2 Å². The van der Waals surface area contributed by atoms with Crippen LogP contribution >= 0.6 is 35.1 Å². The highest BCUT2D eigenvalue weighted by atomic mass is 35.5. The number of rotatable bonds is 7. The van der Waals surface area contributed by atoms with E-state index in [0.717, 1.165) is 23.2 Å². The van der Waals surface area contributed by atoms with Gasteiger partial charge in [-0.2, -0.15) is 0 Å². The van der Waals surface area contributed by atoms with E-state index in [4.69, 9.17) is 11.6 Å². The van der Waals surface area contributed by atoms with Gasteiger partial charge in [-0.1, -0.05) is 43.5 Å². The fourth-order valence-electron chi connectivity index (χ4n) is 2.96. The molecule has 3 rings (SSSR count). The summed E-state index contributed by atoms with van der Waals surface area (Å²) in [7, 11) is 0. The van der Waals surface area contributed by atoms with Crippen molar-refractivity contribution in [1.29, 1.82) is 0 Å². The van der Waals surface area contributed by atoms with Crippen molar-refractivity contribution in [2.45, 2.75) is 48.5 Å². The van der Waals surface area contributed by atoms with Crippen molar-refractivity contribution in [2.75, 3.05) is 5.75 Å². The van der Waals surface area contributed by atoms with Crippen LogP contribution in [0.15, 0.2) is 43.0 Å². The maximum absolute atomic E-state index is 6.09. The van der Waals surface area contributed by atoms with Crippen molar-refractivity contribution in [3.05, 3.63) is 53.6 Å². The molecule has 2 nitrogen and oxygen atoms in total. The number of benzene rings is 1. The Balaban J connectivity index is 1.77. The quantitative estimate of drug-likeness (QED) is 0.615. The highest BCUT2D eigenvalue weighted by molar-refractivity contribution is 8.21. The maximum atomic E-state index is 6.09. The normalized spacial score (nSPS) is 24.2. The second kappa shape index (κ2) is 8.00. The summed E-state index contributed by atoms with van der Waals surface area (Å²) in [5.74, 6) is 1.25. The molecule has 124 valence electrons. The van der Waals surface area contributed by atoms with Crippen molar-refractivity contribution >= 4 is 35.1 Å². The zero-order valence-corrected chi connectivity index (χ0v) is 15.8. The topological polar surface area (TPSA) is 17.8 Å². The highest BCUT2D eigenvalue weighted by Gasteiger charge is 2.41. The van der Waals surface area contributed by atoms with Crippen LogP contribution in [0.5, 0.6) is 0 Å². The Labute approximate surface area is 152 Å². The van der Waals surface area contributed by atoms with Crippen molar-refractivity contribution in [1.82, 2.24) is 9.55 Å². The number of halogens is 1. The molecule has 0 radical (unpaired) electrons. The Hall–Kier alpha value is -0.580. The number of thioether (sulfide) groups is 2. The Morgan fingerprint density at radius 3 is 2.87 bits per heavy atom. The zero-order valence-electron chi connectivity index (χ0n) is 13.5. The van der Waals surface area contributed by atoms with E-state index in [1.807, 2.05) is 24.7 Å². The molecule has 2 unspecified atom stereocenters. The average Bonchev–Trinajstić information content (AvgIpc) is 3.22. The van der Waals surface area contributed by atoms with Gasteiger partial charge in [0.05, 0.1) is 10.4 Å². The smallest absolute Gasteiger partial charge is 0.0945 e. The molecule has 0 N–H and O–H groups in total. The van der Waals surface area contributed by atoms with Crippen LogP contribution in [-0.2, 0) is 10.6 Å². The minimum absolute atomic E-state index is 0.146. The van der Waals surface area contributed by atoms with E-state index in [1.165, 1.54) is 30.6 Å². The number of aromatic nitrogens is 2. The number of nitrogens with zero attached hydrogens (tertiary/aromatic N) is 2. The molecular weight excluding hydrogens is 344 g/mol. The standard InChI is InChI=1S/C18H23ClN2S2/c1-2-3-4-17-13-22-18(23-17,9-11-21-12-10-20-14-21)15-5-7-16(19)8-6-15/h5-8,10,12,14,17H,2-4,9,11,13H2,1H3. The first-order valence-corrected chi connectivity index (χ1v) is 10.5. The third-order valence-corrected chi connectivity index (χ3v) is 8.42. The summed E-state index contributed by atoms with van der Waals surface area (Å²) < 4.78 is 2.32. The second-order valence-electron chi connectivity index (χ2n) is 6.00. The van der Waals surface area contributed by atoms with Gasteiger partial charge in [0, 0.05) is 35.0 Å². The lowest BCUT2D eigenvalue weighted by Crippen LogP contribution is -2.18. The van der Waals surface area contributed by atoms with E-state index in [1.54, 1.807) is 0 Å². The molecule has 1 aromatic heterocycles. The van der Waals surface area contributed by atoms with Crippen LogP contribution in [0.4, 0.5) is 0 Å². The molecule has 2 aromatic rings. The molecule has 2 atom stereocenters. The van der Waals surface area contributed by atoms with Gasteiger partial charge in [-0.25, -0.2) is 4.98 Å². The van der Waals surface area contributed by atoms with E-state index < -0.39 is 0 Å². The molecule has 1 aliphatic rings. The van der Waals surface area contributed by atoms with Gasteiger partial charge in [-0.3, -0.25) is 0 Å². The summed E-state index contributed by atoms with van der Waals surface area (Å²) in [5, 5.41) is 1.58. The molecule has 1 aromatic carbocycles. The minimum Gasteiger partial charge on any atom is -0.337 e. The summed E-state index contributed by atoms with van der Waals surface area (Å²) >= 11 is 10.4. The van der Waals surface area contributed by atoms with Gasteiger partial charge >= 0.3 is 0 Å². The first-order chi connectivity index (χ1) is 11.2. The summed E-state index contributed by atoms with van der Waals surface area (Å²) in [6.45, 7) is 3.28. The van der Waals surface area contributed by atoms with Crippen molar-refractivity contribution in [3.63, 3.8) is 0 Å². The molecule has 5 heteroatoms. The molecule has 0 amide bonds. The SMILES string of the molecule is CCCCC1CSC(CCn2ccnc2)(c2ccc(Cl)cc2)S1. The summed E-state index contributed by atoms with van der Waals surface area (Å²) in [6, 6.07) is 8.46. The van der Waals surface area contributed by atoms with Gasteiger partial charge in [-0.05, 0) is 30.5 Å². The van der Waals surface area contributed by atoms with Gasteiger partial charge in [0.2, 0.25) is 0 Å². The Morgan fingerprint density at radius 1 is 1.35 bits per heavy atom. The monoisotopic (exact) mass is 366 g/mol. The number of imidazole rings is 1. The zero-order chi connectivity index (χ0) is 16.1. The van der Waals surface area contributed by atoms with Crippen molar-refractivity contribution in [3.8, 4) is 0 Å². The van der Waals surface area contributed by atoms with Crippen LogP contribution in [0, 0.1) is 0 Å². The van der Waals surface area contributed by atoms with Crippen molar-refractivity contribution < 1.29 is 0 Å². The molecule has 23 heavy (non-hydrogen) atoms. The number of hydrogen-bond donors (Lipinski definition) is 0. The van der Waals surface area contributed by atoms with E-state index in [9.17, 15) is 0 Å². The van der Waals surface area contributed by atoms with Gasteiger partial charge < -0.3 is 4.57 Å². The Kier molecular flexibility index (Phi) is 6.00. The molecule has 0 aliphatic carbocycles. The lowest BCUT2D eigenvalue weighted by molar-refractivity contribution is 0.613. The van der Waals surface area contributed by atoms with Crippen LogP contribution < -0.4 is 0 Å². The molecule has 0 spiro atoms. The van der Waals surface area contributed by atoms with Gasteiger partial charge in [0.25, 0.3) is 0 Å². The second-order valence-corrected chi connectivity index (χ2v) is 9.62. The van der Waals surface area contributed by atoms with E-state index >= 15 is 0 Å². The fourth-order valence-corrected chi connectivity index (χ4v) is 6.92. The Bertz CT molecular complexity index is 600. The third-order valence-electron chi connectivity index (χ3n) is 4.28. The molecule has 0 saturated carbocycles. The maximum Gasteiger partial charge on any atom is 0.0945 e. The number of hydrogen-bond acceptors (Lipinski definition) is 3. The van der Waals surface area contributed by atoms with E-state index in [-0.39, 0.29) is 4.08 Å². The van der Waals surface area contributed by atoms with Crippen LogP contribution in [0.2, 0.25) is 5.02 Å². The average molecular weight is 367 g/mol. The number of aryl methyl sites for hydroxylation is 1. The predicted octanol–water partition coefficient (Wildman–Crippen LogP) is 5.82. The summed E-state index contributed by atoms with van der Waals surface area (Å²) in [5.41, 5.74) is 1.40.